The van der Waals surface area contributed by atoms with Crippen LogP contribution in [0, 0.1) is 6.92 Å². The van der Waals surface area contributed by atoms with Gasteiger partial charge in [0.2, 0.25) is 0 Å². The van der Waals surface area contributed by atoms with Crippen LogP contribution in [0.2, 0.25) is 0 Å². The van der Waals surface area contributed by atoms with Gasteiger partial charge in [-0.25, -0.2) is 0 Å². The van der Waals surface area contributed by atoms with E-state index in [1.165, 1.54) is 12.3 Å². The summed E-state index contributed by atoms with van der Waals surface area (Å²) in [5.74, 6) is -0.329. The summed E-state index contributed by atoms with van der Waals surface area (Å²) in [7, 11) is 0. The van der Waals surface area contributed by atoms with Crippen LogP contribution in [-0.2, 0) is 0 Å². The maximum absolute atomic E-state index is 11.7. The number of pyridine rings is 1. The van der Waals surface area contributed by atoms with Crippen LogP contribution in [0.25, 0.3) is 0 Å². The van der Waals surface area contributed by atoms with Crippen LogP contribution in [0.4, 0.5) is 0 Å². The maximum atomic E-state index is 11.7. The van der Waals surface area contributed by atoms with Gasteiger partial charge in [0.05, 0.1) is 0 Å². The first-order valence-electron chi connectivity index (χ1n) is 5.83. The van der Waals surface area contributed by atoms with Gasteiger partial charge in [-0.2, -0.15) is 0 Å². The third kappa shape index (κ3) is 4.40. The maximum Gasteiger partial charge on any atom is 0.256 e. The zero-order chi connectivity index (χ0) is 12.7. The molecule has 3 N–H and O–H groups in total. The van der Waals surface area contributed by atoms with Gasteiger partial charge in [0.1, 0.15) is 5.56 Å². The average Bonchev–Trinajstić information content (AvgIpc) is 2.28. The Balaban J connectivity index is 2.45. The number of aromatic amines is 1. The fourth-order valence-electron chi connectivity index (χ4n) is 1.41. The zero-order valence-electron chi connectivity index (χ0n) is 10.3. The number of nitrogens with one attached hydrogen (secondary N) is 3. The minimum Gasteiger partial charge on any atom is -0.364 e. The normalized spacial score (nSPS) is 10.2. The van der Waals surface area contributed by atoms with Crippen LogP contribution in [0.3, 0.4) is 0 Å². The highest BCUT2D eigenvalue weighted by Gasteiger charge is 2.08. The fraction of sp³-hybridized carbons (Fsp3) is 0.500. The molecule has 0 aromatic carbocycles. The number of aromatic nitrogens is 1. The van der Waals surface area contributed by atoms with Gasteiger partial charge in [-0.05, 0) is 19.9 Å². The van der Waals surface area contributed by atoms with E-state index in [9.17, 15) is 9.59 Å². The van der Waals surface area contributed by atoms with Gasteiger partial charge in [-0.3, -0.25) is 9.59 Å². The van der Waals surface area contributed by atoms with Crippen molar-refractivity contribution in [1.29, 1.82) is 0 Å². The molecule has 5 heteroatoms. The minimum atomic E-state index is -0.329. The molecule has 0 unspecified atom stereocenters. The zero-order valence-corrected chi connectivity index (χ0v) is 10.3. The molecule has 0 aliphatic heterocycles. The number of rotatable bonds is 6. The largest absolute Gasteiger partial charge is 0.364 e. The highest BCUT2D eigenvalue weighted by molar-refractivity contribution is 5.93. The molecule has 1 heterocycles. The van der Waals surface area contributed by atoms with Crippen molar-refractivity contribution in [2.24, 2.45) is 0 Å². The van der Waals surface area contributed by atoms with Gasteiger partial charge >= 0.3 is 0 Å². The van der Waals surface area contributed by atoms with Crippen molar-refractivity contribution in [2.75, 3.05) is 19.6 Å². The Bertz CT molecular complexity index is 426. The third-order valence-electron chi connectivity index (χ3n) is 2.32. The standard InChI is InChI=1S/C12H19N3O2/c1-3-4-13-5-6-14-12(17)10-8-15-9(2)7-11(10)16/h7-8,13H,3-6H2,1-2H3,(H,14,17)(H,15,16). The summed E-state index contributed by atoms with van der Waals surface area (Å²) in [5, 5.41) is 5.86. The smallest absolute Gasteiger partial charge is 0.256 e. The summed E-state index contributed by atoms with van der Waals surface area (Å²) < 4.78 is 0. The Morgan fingerprint density at radius 1 is 1.35 bits per heavy atom. The number of hydrogen-bond acceptors (Lipinski definition) is 3. The van der Waals surface area contributed by atoms with Gasteiger partial charge in [0.25, 0.3) is 5.91 Å². The van der Waals surface area contributed by atoms with E-state index in [4.69, 9.17) is 0 Å². The molecule has 0 saturated carbocycles. The molecule has 0 aliphatic rings. The van der Waals surface area contributed by atoms with Crippen molar-refractivity contribution in [3.05, 3.63) is 33.7 Å². The van der Waals surface area contributed by atoms with E-state index in [0.717, 1.165) is 18.7 Å². The number of hydrogen-bond donors (Lipinski definition) is 3. The van der Waals surface area contributed by atoms with Gasteiger partial charge in [0.15, 0.2) is 5.43 Å². The van der Waals surface area contributed by atoms with E-state index < -0.39 is 0 Å². The molecule has 1 amide bonds. The average molecular weight is 237 g/mol. The second kappa shape index (κ2) is 6.85. The quantitative estimate of drug-likeness (QED) is 0.627. The first kappa shape index (κ1) is 13.4. The molecule has 5 nitrogen and oxygen atoms in total. The molecular formula is C12H19N3O2. The predicted octanol–water partition coefficient (Wildman–Crippen LogP) is 0.413. The monoisotopic (exact) mass is 237 g/mol. The SMILES string of the molecule is CCCNCCNC(=O)c1c[nH]c(C)cc1=O. The number of H-pyrrole nitrogens is 1. The Kier molecular flexibility index (Phi) is 5.42. The summed E-state index contributed by atoms with van der Waals surface area (Å²) in [4.78, 5) is 26.0. The van der Waals surface area contributed by atoms with Crippen LogP contribution < -0.4 is 16.1 Å². The van der Waals surface area contributed by atoms with Crippen LogP contribution in [-0.4, -0.2) is 30.5 Å². The van der Waals surface area contributed by atoms with E-state index >= 15 is 0 Å². The highest BCUT2D eigenvalue weighted by Crippen LogP contribution is 1.91. The van der Waals surface area contributed by atoms with Gasteiger partial charge in [-0.1, -0.05) is 6.92 Å². The van der Waals surface area contributed by atoms with Crippen molar-refractivity contribution >= 4 is 5.91 Å². The molecular weight excluding hydrogens is 218 g/mol. The molecule has 0 spiro atoms. The molecule has 1 aromatic heterocycles. The Morgan fingerprint density at radius 3 is 2.76 bits per heavy atom. The molecule has 0 atom stereocenters. The summed E-state index contributed by atoms with van der Waals surface area (Å²) in [6.45, 7) is 6.02. The van der Waals surface area contributed by atoms with E-state index in [1.807, 2.05) is 0 Å². The number of aryl methyl sites for hydroxylation is 1. The Labute approximate surface area is 101 Å². The molecule has 0 aliphatic carbocycles. The topological polar surface area (TPSA) is 74.0 Å². The van der Waals surface area contributed by atoms with Crippen LogP contribution in [0.15, 0.2) is 17.1 Å². The molecule has 0 saturated heterocycles. The molecule has 94 valence electrons. The number of carbonyl (C=O) groups is 1. The number of amides is 1. The van der Waals surface area contributed by atoms with Crippen molar-refractivity contribution in [3.63, 3.8) is 0 Å². The van der Waals surface area contributed by atoms with Gasteiger partial charge in [-0.15, -0.1) is 0 Å². The van der Waals surface area contributed by atoms with Crippen LogP contribution in [0.5, 0.6) is 0 Å². The molecule has 1 rings (SSSR count). The van der Waals surface area contributed by atoms with Crippen LogP contribution >= 0.6 is 0 Å². The molecule has 0 fully saturated rings. The van der Waals surface area contributed by atoms with E-state index in [-0.39, 0.29) is 16.9 Å². The Hall–Kier alpha value is -1.62. The fourth-order valence-corrected chi connectivity index (χ4v) is 1.41. The molecule has 0 bridgehead atoms. The highest BCUT2D eigenvalue weighted by atomic mass is 16.2. The lowest BCUT2D eigenvalue weighted by Gasteiger charge is -2.05. The second-order valence-electron chi connectivity index (χ2n) is 3.90. The summed E-state index contributed by atoms with van der Waals surface area (Å²) in [6, 6.07) is 1.42. The van der Waals surface area contributed by atoms with Crippen molar-refractivity contribution in [3.8, 4) is 0 Å². The first-order chi connectivity index (χ1) is 8.15. The van der Waals surface area contributed by atoms with E-state index in [2.05, 4.69) is 22.5 Å². The second-order valence-corrected chi connectivity index (χ2v) is 3.90. The van der Waals surface area contributed by atoms with Crippen molar-refractivity contribution < 1.29 is 4.79 Å². The molecule has 1 aromatic rings. The summed E-state index contributed by atoms with van der Waals surface area (Å²) in [6.07, 6.45) is 2.51. The van der Waals surface area contributed by atoms with Gasteiger partial charge < -0.3 is 15.6 Å². The summed E-state index contributed by atoms with van der Waals surface area (Å²) in [5.41, 5.74) is 0.655. The van der Waals surface area contributed by atoms with Gasteiger partial charge in [0, 0.05) is 31.0 Å². The number of carbonyl (C=O) groups excluding carboxylic acids is 1. The first-order valence-corrected chi connectivity index (χ1v) is 5.83. The third-order valence-corrected chi connectivity index (χ3v) is 2.32. The lowest BCUT2D eigenvalue weighted by Crippen LogP contribution is -2.34. The lowest BCUT2D eigenvalue weighted by molar-refractivity contribution is 0.0952. The molecule has 17 heavy (non-hydrogen) atoms. The predicted molar refractivity (Wildman–Crippen MR) is 67.3 cm³/mol. The van der Waals surface area contributed by atoms with Crippen LogP contribution in [0.1, 0.15) is 29.4 Å². The Morgan fingerprint density at radius 2 is 2.12 bits per heavy atom. The molecule has 0 radical (unpaired) electrons. The van der Waals surface area contributed by atoms with E-state index in [1.54, 1.807) is 6.92 Å². The minimum absolute atomic E-state index is 0.158. The van der Waals surface area contributed by atoms with Crippen molar-refractivity contribution in [2.45, 2.75) is 20.3 Å². The van der Waals surface area contributed by atoms with E-state index in [0.29, 0.717) is 13.1 Å². The lowest BCUT2D eigenvalue weighted by atomic mass is 10.2. The van der Waals surface area contributed by atoms with Crippen molar-refractivity contribution in [1.82, 2.24) is 15.6 Å². The summed E-state index contributed by atoms with van der Waals surface area (Å²) >= 11 is 0.